The van der Waals surface area contributed by atoms with Gasteiger partial charge in [-0.25, -0.2) is 26.0 Å². The number of fused-ring (bicyclic) bond motifs is 2. The van der Waals surface area contributed by atoms with E-state index < -0.39 is 57.2 Å². The zero-order chi connectivity index (χ0) is 28.3. The molecule has 1 atom stereocenters. The zero-order valence-corrected chi connectivity index (χ0v) is 24.3. The van der Waals surface area contributed by atoms with Crippen LogP contribution in [-0.2, 0) is 35.2 Å². The maximum absolute atomic E-state index is 17.2. The van der Waals surface area contributed by atoms with E-state index in [0.717, 1.165) is 19.2 Å². The number of hydrogen-bond acceptors (Lipinski definition) is 7. The van der Waals surface area contributed by atoms with Gasteiger partial charge in [0.15, 0.2) is 9.84 Å². The van der Waals surface area contributed by atoms with Crippen LogP contribution in [0.3, 0.4) is 0 Å². The molecule has 0 saturated carbocycles. The summed E-state index contributed by atoms with van der Waals surface area (Å²) in [5.41, 5.74) is -2.98. The summed E-state index contributed by atoms with van der Waals surface area (Å²) in [5, 5.41) is -4.25. The second-order valence-corrected chi connectivity index (χ2v) is 15.4. The topological polar surface area (TPSA) is 112 Å². The minimum absolute atomic E-state index is 0.0602. The fraction of sp³-hybridized carbons (Fsp3) is 0.440. The van der Waals surface area contributed by atoms with Crippen LogP contribution in [0, 0.1) is 13.8 Å². The molecule has 0 saturated heterocycles. The van der Waals surface area contributed by atoms with Gasteiger partial charge in [-0.2, -0.15) is 0 Å². The quantitative estimate of drug-likeness (QED) is 0.362. The van der Waals surface area contributed by atoms with Crippen molar-refractivity contribution in [2.45, 2.75) is 67.2 Å². The normalized spacial score (nSPS) is 23.8. The van der Waals surface area contributed by atoms with Gasteiger partial charge in [-0.3, -0.25) is 4.79 Å². The average molecular weight is 592 g/mol. The van der Waals surface area contributed by atoms with Gasteiger partial charge in [0.05, 0.1) is 38.3 Å². The molecule has 7 nitrogen and oxygen atoms in total. The van der Waals surface area contributed by atoms with Crippen molar-refractivity contribution in [3.8, 4) is 0 Å². The molecular weight excluding hydrogens is 566 g/mol. The van der Waals surface area contributed by atoms with Crippen molar-refractivity contribution < 1.29 is 35.6 Å². The zero-order valence-electron chi connectivity index (χ0n) is 21.2. The van der Waals surface area contributed by atoms with Crippen molar-refractivity contribution in [3.63, 3.8) is 0 Å². The van der Waals surface area contributed by atoms with E-state index in [1.165, 1.54) is 27.7 Å². The molecule has 0 amide bonds. The molecule has 37 heavy (non-hydrogen) atoms. The lowest BCUT2D eigenvalue weighted by Crippen LogP contribution is -2.51. The summed E-state index contributed by atoms with van der Waals surface area (Å²) in [7, 11) is -7.70. The Labute approximate surface area is 225 Å². The van der Waals surface area contributed by atoms with Gasteiger partial charge in [-0.05, 0) is 48.2 Å². The fourth-order valence-electron chi connectivity index (χ4n) is 5.98. The average Bonchev–Trinajstić information content (AvgIpc) is 3.05. The number of benzene rings is 2. The molecule has 2 aliphatic rings. The molecule has 200 valence electrons. The first-order valence-corrected chi connectivity index (χ1v) is 15.1. The lowest BCUT2D eigenvalue weighted by Gasteiger charge is -2.33. The van der Waals surface area contributed by atoms with Crippen molar-refractivity contribution in [2.75, 3.05) is 12.9 Å². The number of rotatable bonds is 3. The summed E-state index contributed by atoms with van der Waals surface area (Å²) in [5.74, 6) is -2.47. The van der Waals surface area contributed by atoms with Crippen molar-refractivity contribution in [1.82, 2.24) is 0 Å². The largest absolute Gasteiger partial charge is 0.465 e. The molecule has 4 rings (SSSR count). The Bertz CT molecular complexity index is 1660. The molecule has 0 bridgehead atoms. The number of ketones is 1. The van der Waals surface area contributed by atoms with E-state index in [4.69, 9.17) is 27.9 Å². The minimum atomic E-state index is -5.06. The molecule has 2 heterocycles. The van der Waals surface area contributed by atoms with Gasteiger partial charge in [0, 0.05) is 16.4 Å². The molecular formula is C25H25Cl2FO7S2. The monoisotopic (exact) mass is 590 g/mol. The number of Topliss-reactive ketones (excluding diaryl/α,β-unsaturated/α-hetero) is 1. The van der Waals surface area contributed by atoms with Crippen LogP contribution in [0.5, 0.6) is 0 Å². The minimum Gasteiger partial charge on any atom is -0.465 e. The van der Waals surface area contributed by atoms with Crippen LogP contribution in [-0.4, -0.2) is 46.5 Å². The van der Waals surface area contributed by atoms with Crippen LogP contribution in [0.15, 0.2) is 21.9 Å². The molecule has 2 aromatic carbocycles. The number of hydrogen-bond donors (Lipinski definition) is 0. The third-order valence-electron chi connectivity index (χ3n) is 7.54. The lowest BCUT2D eigenvalue weighted by atomic mass is 9.73. The molecule has 0 aromatic heterocycles. The van der Waals surface area contributed by atoms with Gasteiger partial charge in [0.2, 0.25) is 15.6 Å². The van der Waals surface area contributed by atoms with Crippen LogP contribution < -0.4 is 0 Å². The first-order valence-electron chi connectivity index (χ1n) is 11.2. The Morgan fingerprint density at radius 2 is 1.38 bits per heavy atom. The summed E-state index contributed by atoms with van der Waals surface area (Å²) < 4.78 is 75.2. The summed E-state index contributed by atoms with van der Waals surface area (Å²) >= 11 is 12.6. The number of methoxy groups -OCH3 is 1. The maximum atomic E-state index is 17.2. The standard InChI is InChI=1S/C25H25Cl2FO7S2/c1-11-13(8-15(26)19-17(11)23(3,4)10-36(19,31)32)21(29)25(28)24(5,6)18-12(2)14(22(30)35-7)9-16(27)20(18)37(25,33)34/h8-9H,10H2,1-7H3. The van der Waals surface area contributed by atoms with Crippen molar-refractivity contribution >= 4 is 54.6 Å². The number of carbonyl (C=O) groups is 2. The van der Waals surface area contributed by atoms with Crippen molar-refractivity contribution in [1.29, 1.82) is 0 Å². The molecule has 0 fully saturated rings. The predicted molar refractivity (Wildman–Crippen MR) is 137 cm³/mol. The summed E-state index contributed by atoms with van der Waals surface area (Å²) in [4.78, 5) is 25.6. The maximum Gasteiger partial charge on any atom is 0.338 e. The molecule has 1 unspecified atom stereocenters. The summed E-state index contributed by atoms with van der Waals surface area (Å²) in [6.45, 7) is 8.68. The Morgan fingerprint density at radius 3 is 1.92 bits per heavy atom. The second-order valence-electron chi connectivity index (χ2n) is 10.7. The van der Waals surface area contributed by atoms with Gasteiger partial charge < -0.3 is 4.74 Å². The smallest absolute Gasteiger partial charge is 0.338 e. The number of alkyl halides is 1. The van der Waals surface area contributed by atoms with E-state index in [2.05, 4.69) is 0 Å². The Hall–Kier alpha value is -2.01. The Morgan fingerprint density at radius 1 is 0.892 bits per heavy atom. The van der Waals surface area contributed by atoms with Gasteiger partial charge in [-0.15, -0.1) is 0 Å². The third-order valence-corrected chi connectivity index (χ3v) is 12.9. The predicted octanol–water partition coefficient (Wildman–Crippen LogP) is 5.08. The van der Waals surface area contributed by atoms with E-state index >= 15 is 4.39 Å². The van der Waals surface area contributed by atoms with Crippen LogP contribution in [0.25, 0.3) is 0 Å². The van der Waals surface area contributed by atoms with E-state index in [0.29, 0.717) is 0 Å². The summed E-state index contributed by atoms with van der Waals surface area (Å²) in [6.07, 6.45) is 0. The highest BCUT2D eigenvalue weighted by Gasteiger charge is 2.70. The van der Waals surface area contributed by atoms with Gasteiger partial charge in [0.1, 0.15) is 0 Å². The van der Waals surface area contributed by atoms with Crippen LogP contribution >= 0.6 is 23.2 Å². The van der Waals surface area contributed by atoms with E-state index in [1.54, 1.807) is 13.8 Å². The van der Waals surface area contributed by atoms with Gasteiger partial charge in [-0.1, -0.05) is 50.9 Å². The lowest BCUT2D eigenvalue weighted by molar-refractivity contribution is 0.0599. The molecule has 2 aliphatic heterocycles. The SMILES string of the molecule is COC(=O)c1cc(Cl)c2c(c1C)C(C)(C)C(F)(C(=O)c1cc(Cl)c3c(c1C)C(C)(C)CS3(=O)=O)S2(=O)=O. The van der Waals surface area contributed by atoms with Crippen LogP contribution in [0.4, 0.5) is 4.39 Å². The molecule has 0 aliphatic carbocycles. The highest BCUT2D eigenvalue weighted by Crippen LogP contribution is 2.58. The van der Waals surface area contributed by atoms with Crippen molar-refractivity contribution in [2.24, 2.45) is 0 Å². The van der Waals surface area contributed by atoms with Crippen LogP contribution in [0.2, 0.25) is 10.0 Å². The number of esters is 1. The van der Waals surface area contributed by atoms with Crippen LogP contribution in [0.1, 0.15) is 70.7 Å². The third kappa shape index (κ3) is 3.34. The first-order chi connectivity index (χ1) is 16.7. The first kappa shape index (κ1) is 28.0. The Kier molecular flexibility index (Phi) is 6.06. The van der Waals surface area contributed by atoms with E-state index in [1.807, 2.05) is 0 Å². The fourth-order valence-corrected chi connectivity index (χ4v) is 11.8. The number of ether oxygens (including phenoxy) is 1. The van der Waals surface area contributed by atoms with Crippen molar-refractivity contribution in [3.05, 3.63) is 55.6 Å². The summed E-state index contributed by atoms with van der Waals surface area (Å²) in [6, 6.07) is 2.09. The number of halogens is 3. The Balaban J connectivity index is 2.06. The number of carbonyl (C=O) groups excluding carboxylic acids is 2. The molecule has 2 aromatic rings. The molecule has 0 N–H and O–H groups in total. The second kappa shape index (κ2) is 8.00. The highest BCUT2D eigenvalue weighted by molar-refractivity contribution is 7.94. The number of sulfone groups is 2. The highest BCUT2D eigenvalue weighted by atomic mass is 35.5. The van der Waals surface area contributed by atoms with E-state index in [-0.39, 0.29) is 49.1 Å². The molecule has 0 spiro atoms. The molecule has 0 radical (unpaired) electrons. The molecule has 12 heteroatoms. The van der Waals surface area contributed by atoms with Gasteiger partial charge >= 0.3 is 5.97 Å². The van der Waals surface area contributed by atoms with E-state index in [9.17, 15) is 26.4 Å². The van der Waals surface area contributed by atoms with Gasteiger partial charge in [0.25, 0.3) is 5.00 Å².